The summed E-state index contributed by atoms with van der Waals surface area (Å²) < 4.78 is 0. The van der Waals surface area contributed by atoms with Crippen LogP contribution >= 0.6 is 0 Å². The van der Waals surface area contributed by atoms with Crippen LogP contribution < -0.4 is 5.32 Å². The molecule has 0 aliphatic carbocycles. The summed E-state index contributed by atoms with van der Waals surface area (Å²) >= 11 is 0. The molecule has 1 aliphatic rings. The zero-order valence-electron chi connectivity index (χ0n) is 9.83. The second-order valence-corrected chi connectivity index (χ2v) is 4.36. The molecule has 0 aromatic rings. The van der Waals surface area contributed by atoms with Crippen molar-refractivity contribution >= 4 is 5.91 Å². The van der Waals surface area contributed by atoms with Crippen LogP contribution in [0.25, 0.3) is 0 Å². The van der Waals surface area contributed by atoms with Crippen molar-refractivity contribution in [1.82, 2.24) is 10.2 Å². The van der Waals surface area contributed by atoms with E-state index in [-0.39, 0.29) is 5.91 Å². The highest BCUT2D eigenvalue weighted by atomic mass is 16.1. The fraction of sp³-hybridized carbons (Fsp3) is 0.750. The molecule has 2 atom stereocenters. The molecule has 1 saturated heterocycles. The van der Waals surface area contributed by atoms with E-state index in [4.69, 9.17) is 0 Å². The number of hydrogen-bond acceptors (Lipinski definition) is 2. The summed E-state index contributed by atoms with van der Waals surface area (Å²) in [6.07, 6.45) is 3.73. The topological polar surface area (TPSA) is 32.3 Å². The highest BCUT2D eigenvalue weighted by Gasteiger charge is 2.24. The Hall–Kier alpha value is -0.830. The van der Waals surface area contributed by atoms with Gasteiger partial charge in [-0.05, 0) is 38.3 Å². The Morgan fingerprint density at radius 3 is 3.07 bits per heavy atom. The molecule has 2 unspecified atom stereocenters. The lowest BCUT2D eigenvalue weighted by atomic mass is 10.1. The SMILES string of the molecule is C=CC(=O)NCC1CCN(C(C)CC)C1. The first-order chi connectivity index (χ1) is 7.17. The molecule has 1 rings (SSSR count). The van der Waals surface area contributed by atoms with Gasteiger partial charge in [-0.25, -0.2) is 0 Å². The number of amides is 1. The van der Waals surface area contributed by atoms with E-state index in [1.165, 1.54) is 25.5 Å². The predicted octanol–water partition coefficient (Wildman–Crippen LogP) is 1.41. The third-order valence-corrected chi connectivity index (χ3v) is 3.28. The maximum Gasteiger partial charge on any atom is 0.243 e. The van der Waals surface area contributed by atoms with Crippen molar-refractivity contribution in [3.63, 3.8) is 0 Å². The largest absolute Gasteiger partial charge is 0.352 e. The van der Waals surface area contributed by atoms with Crippen LogP contribution in [0.15, 0.2) is 12.7 Å². The van der Waals surface area contributed by atoms with Gasteiger partial charge in [0, 0.05) is 19.1 Å². The van der Waals surface area contributed by atoms with Gasteiger partial charge in [0.05, 0.1) is 0 Å². The molecule has 1 aliphatic heterocycles. The Kier molecular flexibility index (Phi) is 4.82. The van der Waals surface area contributed by atoms with Crippen LogP contribution in [0.5, 0.6) is 0 Å². The highest BCUT2D eigenvalue weighted by Crippen LogP contribution is 2.18. The number of rotatable bonds is 5. The van der Waals surface area contributed by atoms with Gasteiger partial charge < -0.3 is 10.2 Å². The van der Waals surface area contributed by atoms with Crippen LogP contribution in [-0.2, 0) is 4.79 Å². The number of nitrogens with one attached hydrogen (secondary N) is 1. The van der Waals surface area contributed by atoms with Gasteiger partial charge in [0.2, 0.25) is 5.91 Å². The summed E-state index contributed by atoms with van der Waals surface area (Å²) in [5.41, 5.74) is 0. The van der Waals surface area contributed by atoms with Gasteiger partial charge in [-0.3, -0.25) is 4.79 Å². The Balaban J connectivity index is 2.24. The summed E-state index contributed by atoms with van der Waals surface area (Å²) in [6.45, 7) is 11.0. The van der Waals surface area contributed by atoms with E-state index < -0.39 is 0 Å². The Bertz CT molecular complexity index is 228. The van der Waals surface area contributed by atoms with Gasteiger partial charge in [-0.2, -0.15) is 0 Å². The maximum absolute atomic E-state index is 11.0. The molecule has 0 aromatic carbocycles. The maximum atomic E-state index is 11.0. The van der Waals surface area contributed by atoms with Gasteiger partial charge >= 0.3 is 0 Å². The minimum absolute atomic E-state index is 0.0583. The second-order valence-electron chi connectivity index (χ2n) is 4.36. The fourth-order valence-electron chi connectivity index (χ4n) is 2.00. The number of likely N-dealkylation sites (tertiary alicyclic amines) is 1. The molecular weight excluding hydrogens is 188 g/mol. The van der Waals surface area contributed by atoms with Crippen LogP contribution in [0.1, 0.15) is 26.7 Å². The van der Waals surface area contributed by atoms with Crippen molar-refractivity contribution in [2.24, 2.45) is 5.92 Å². The molecule has 1 heterocycles. The van der Waals surface area contributed by atoms with Gasteiger partial charge in [-0.1, -0.05) is 13.5 Å². The highest BCUT2D eigenvalue weighted by molar-refractivity contribution is 5.86. The van der Waals surface area contributed by atoms with E-state index in [0.29, 0.717) is 12.0 Å². The third kappa shape index (κ3) is 3.67. The van der Waals surface area contributed by atoms with Crippen molar-refractivity contribution < 1.29 is 4.79 Å². The van der Waals surface area contributed by atoms with E-state index >= 15 is 0 Å². The lowest BCUT2D eigenvalue weighted by molar-refractivity contribution is -0.116. The molecule has 3 nitrogen and oxygen atoms in total. The van der Waals surface area contributed by atoms with Crippen LogP contribution in [0.2, 0.25) is 0 Å². The molecule has 0 bridgehead atoms. The van der Waals surface area contributed by atoms with Crippen LogP contribution in [0.3, 0.4) is 0 Å². The van der Waals surface area contributed by atoms with Crippen molar-refractivity contribution in [1.29, 1.82) is 0 Å². The number of hydrogen-bond donors (Lipinski definition) is 1. The van der Waals surface area contributed by atoms with E-state index in [1.54, 1.807) is 0 Å². The summed E-state index contributed by atoms with van der Waals surface area (Å²) in [4.78, 5) is 13.5. The molecule has 15 heavy (non-hydrogen) atoms. The van der Waals surface area contributed by atoms with Crippen molar-refractivity contribution in [2.45, 2.75) is 32.7 Å². The predicted molar refractivity (Wildman–Crippen MR) is 62.6 cm³/mol. The summed E-state index contributed by atoms with van der Waals surface area (Å²) in [5, 5.41) is 2.87. The van der Waals surface area contributed by atoms with Crippen molar-refractivity contribution in [3.8, 4) is 0 Å². The fourth-order valence-corrected chi connectivity index (χ4v) is 2.00. The summed E-state index contributed by atoms with van der Waals surface area (Å²) in [6, 6.07) is 0.671. The van der Waals surface area contributed by atoms with Crippen LogP contribution in [0, 0.1) is 5.92 Å². The average Bonchev–Trinajstić information content (AvgIpc) is 2.73. The molecule has 1 amide bonds. The molecule has 3 heteroatoms. The Morgan fingerprint density at radius 2 is 2.47 bits per heavy atom. The Labute approximate surface area is 92.5 Å². The molecule has 0 spiro atoms. The second kappa shape index (κ2) is 5.91. The Morgan fingerprint density at radius 1 is 1.73 bits per heavy atom. The van der Waals surface area contributed by atoms with Crippen molar-refractivity contribution in [3.05, 3.63) is 12.7 Å². The molecular formula is C12H22N2O. The summed E-state index contributed by atoms with van der Waals surface area (Å²) in [5.74, 6) is 0.555. The van der Waals surface area contributed by atoms with E-state index in [2.05, 4.69) is 30.6 Å². The third-order valence-electron chi connectivity index (χ3n) is 3.28. The first-order valence-corrected chi connectivity index (χ1v) is 5.81. The van der Waals surface area contributed by atoms with Crippen LogP contribution in [-0.4, -0.2) is 36.5 Å². The monoisotopic (exact) mass is 210 g/mol. The van der Waals surface area contributed by atoms with Crippen LogP contribution in [0.4, 0.5) is 0 Å². The zero-order valence-corrected chi connectivity index (χ0v) is 9.83. The average molecular weight is 210 g/mol. The molecule has 1 fully saturated rings. The standard InChI is InChI=1S/C12H22N2O/c1-4-10(3)14-7-6-11(9-14)8-13-12(15)5-2/h5,10-11H,2,4,6-9H2,1,3H3,(H,13,15). The molecule has 1 N–H and O–H groups in total. The van der Waals surface area contributed by atoms with Gasteiger partial charge in [0.1, 0.15) is 0 Å². The molecule has 0 aromatic heterocycles. The number of carbonyl (C=O) groups excluding carboxylic acids is 1. The van der Waals surface area contributed by atoms with Gasteiger partial charge in [-0.15, -0.1) is 0 Å². The minimum atomic E-state index is -0.0583. The smallest absolute Gasteiger partial charge is 0.243 e. The number of carbonyl (C=O) groups is 1. The lowest BCUT2D eigenvalue weighted by Gasteiger charge is -2.22. The summed E-state index contributed by atoms with van der Waals surface area (Å²) in [7, 11) is 0. The zero-order chi connectivity index (χ0) is 11.3. The quantitative estimate of drug-likeness (QED) is 0.696. The first-order valence-electron chi connectivity index (χ1n) is 5.81. The molecule has 86 valence electrons. The number of nitrogens with zero attached hydrogens (tertiary/aromatic N) is 1. The van der Waals surface area contributed by atoms with Gasteiger partial charge in [0.15, 0.2) is 0 Å². The normalized spacial score (nSPS) is 23.7. The molecule has 0 radical (unpaired) electrons. The van der Waals surface area contributed by atoms with E-state index in [0.717, 1.165) is 13.1 Å². The lowest BCUT2D eigenvalue weighted by Crippen LogP contribution is -2.33. The van der Waals surface area contributed by atoms with E-state index in [9.17, 15) is 4.79 Å². The van der Waals surface area contributed by atoms with Gasteiger partial charge in [0.25, 0.3) is 0 Å². The van der Waals surface area contributed by atoms with E-state index in [1.807, 2.05) is 0 Å². The first kappa shape index (κ1) is 12.2. The molecule has 0 saturated carbocycles. The van der Waals surface area contributed by atoms with Crippen molar-refractivity contribution in [2.75, 3.05) is 19.6 Å². The minimum Gasteiger partial charge on any atom is -0.352 e.